The summed E-state index contributed by atoms with van der Waals surface area (Å²) >= 11 is 0. The van der Waals surface area contributed by atoms with Crippen molar-refractivity contribution in [2.24, 2.45) is 10.7 Å². The maximum atomic E-state index is 13.6. The Labute approximate surface area is 116 Å². The fraction of sp³-hybridized carbons (Fsp3) is 0.615. The number of hydrogen-bond donors (Lipinski definition) is 1. The Bertz CT molecular complexity index is 517. The molecular weight excluding hydrogens is 265 g/mol. The molecule has 0 radical (unpaired) electrons. The summed E-state index contributed by atoms with van der Waals surface area (Å²) in [5.74, 6) is -1.17. The van der Waals surface area contributed by atoms with Crippen molar-refractivity contribution >= 4 is 5.84 Å². The molecule has 0 aromatic carbocycles. The molecule has 0 aromatic heterocycles. The number of fused-ring (bicyclic) bond motifs is 1. The van der Waals surface area contributed by atoms with Gasteiger partial charge in [0.25, 0.3) is 0 Å². The number of rotatable bonds is 1. The molecule has 2 fully saturated rings. The molecule has 7 heteroatoms. The lowest BCUT2D eigenvalue weighted by molar-refractivity contribution is -0.197. The van der Waals surface area contributed by atoms with E-state index in [1.54, 1.807) is 0 Å². The quantitative estimate of drug-likeness (QED) is 0.783. The predicted octanol–water partition coefficient (Wildman–Crippen LogP) is 1.21. The Morgan fingerprint density at radius 2 is 2.05 bits per heavy atom. The molecule has 3 aliphatic rings. The van der Waals surface area contributed by atoms with Gasteiger partial charge in [0.05, 0.1) is 6.10 Å². The predicted molar refractivity (Wildman–Crippen MR) is 70.0 cm³/mol. The number of hydrogen-bond acceptors (Lipinski definition) is 6. The lowest BCUT2D eigenvalue weighted by atomic mass is 10.1. The minimum atomic E-state index is -0.687. The van der Waals surface area contributed by atoms with Crippen LogP contribution in [0.2, 0.25) is 0 Å². The normalized spacial score (nSPS) is 39.6. The molecule has 3 heterocycles. The van der Waals surface area contributed by atoms with Crippen LogP contribution in [0.1, 0.15) is 20.8 Å². The zero-order chi connectivity index (χ0) is 14.7. The summed E-state index contributed by atoms with van der Waals surface area (Å²) in [4.78, 5) is 5.37. The third kappa shape index (κ3) is 2.02. The molecule has 3 aliphatic heterocycles. The van der Waals surface area contributed by atoms with Gasteiger partial charge in [0.1, 0.15) is 18.0 Å². The largest absolute Gasteiger partial charge is 0.381 e. The zero-order valence-corrected chi connectivity index (χ0v) is 11.7. The number of halogens is 1. The number of amidine groups is 1. The fourth-order valence-electron chi connectivity index (χ4n) is 2.73. The fourth-order valence-corrected chi connectivity index (χ4v) is 2.73. The molecule has 0 spiro atoms. The van der Waals surface area contributed by atoms with Crippen molar-refractivity contribution in [2.75, 3.05) is 0 Å². The Kier molecular flexibility index (Phi) is 2.89. The summed E-state index contributed by atoms with van der Waals surface area (Å²) in [6, 6.07) is 0. The van der Waals surface area contributed by atoms with Gasteiger partial charge in [-0.3, -0.25) is 0 Å². The number of nitrogens with two attached hydrogens (primary N) is 1. The minimum absolute atomic E-state index is 0.167. The number of aliphatic imine (C=N–C) groups is 1. The summed E-state index contributed by atoms with van der Waals surface area (Å²) in [7, 11) is 0. The molecule has 0 aromatic rings. The molecule has 20 heavy (non-hydrogen) atoms. The number of ether oxygens (including phenoxy) is 3. The van der Waals surface area contributed by atoms with Gasteiger partial charge in [-0.15, -0.1) is 0 Å². The lowest BCUT2D eigenvalue weighted by Crippen LogP contribution is -2.42. The second-order valence-corrected chi connectivity index (χ2v) is 5.59. The molecule has 2 unspecified atom stereocenters. The molecule has 0 saturated carbocycles. The van der Waals surface area contributed by atoms with E-state index in [-0.39, 0.29) is 24.1 Å². The summed E-state index contributed by atoms with van der Waals surface area (Å²) < 4.78 is 31.1. The summed E-state index contributed by atoms with van der Waals surface area (Å²) in [5.41, 5.74) is 5.43. The maximum absolute atomic E-state index is 13.6. The van der Waals surface area contributed by atoms with Crippen LogP contribution in [0.5, 0.6) is 0 Å². The molecule has 6 nitrogen and oxygen atoms in total. The standard InChI is InChI=1S/C13H18FN3O3/c1-6-9-10(20-13(3,4)19-9)12(18-6)17-5-8(14)11(15)16-7(17)2/h5-6,9-10,12H,2H2,1,3-4H3,(H2,15,16)/t6?,9-,10?,12-/m1/s1. The van der Waals surface area contributed by atoms with Crippen LogP contribution in [0.15, 0.2) is 29.4 Å². The first-order valence-electron chi connectivity index (χ1n) is 6.49. The van der Waals surface area contributed by atoms with E-state index in [9.17, 15) is 4.39 Å². The Morgan fingerprint density at radius 3 is 2.75 bits per heavy atom. The third-order valence-electron chi connectivity index (χ3n) is 3.58. The Balaban J connectivity index is 1.87. The Morgan fingerprint density at radius 1 is 1.40 bits per heavy atom. The van der Waals surface area contributed by atoms with Crippen LogP contribution in [0.3, 0.4) is 0 Å². The lowest BCUT2D eigenvalue weighted by Gasteiger charge is -2.32. The smallest absolute Gasteiger partial charge is 0.181 e. The minimum Gasteiger partial charge on any atom is -0.381 e. The van der Waals surface area contributed by atoms with Crippen LogP contribution in [0.25, 0.3) is 0 Å². The van der Waals surface area contributed by atoms with E-state index in [2.05, 4.69) is 11.6 Å². The van der Waals surface area contributed by atoms with Crippen molar-refractivity contribution in [3.63, 3.8) is 0 Å². The molecule has 0 bridgehead atoms. The van der Waals surface area contributed by atoms with Crippen LogP contribution in [-0.2, 0) is 14.2 Å². The second kappa shape index (κ2) is 4.28. The summed E-state index contributed by atoms with van der Waals surface area (Å²) in [6.07, 6.45) is -0.0111. The Hall–Kier alpha value is -1.44. The average Bonchev–Trinajstić information content (AvgIpc) is 2.80. The van der Waals surface area contributed by atoms with Crippen LogP contribution in [0, 0.1) is 0 Å². The highest BCUT2D eigenvalue weighted by molar-refractivity contribution is 5.96. The maximum Gasteiger partial charge on any atom is 0.181 e. The van der Waals surface area contributed by atoms with Crippen molar-refractivity contribution < 1.29 is 18.6 Å². The van der Waals surface area contributed by atoms with Crippen LogP contribution >= 0.6 is 0 Å². The van der Waals surface area contributed by atoms with Gasteiger partial charge in [0.15, 0.2) is 23.7 Å². The van der Waals surface area contributed by atoms with Gasteiger partial charge in [-0.05, 0) is 20.8 Å². The van der Waals surface area contributed by atoms with Crippen molar-refractivity contribution in [1.82, 2.24) is 4.90 Å². The molecule has 0 aliphatic carbocycles. The van der Waals surface area contributed by atoms with E-state index in [0.717, 1.165) is 0 Å². The van der Waals surface area contributed by atoms with Crippen molar-refractivity contribution in [1.29, 1.82) is 0 Å². The highest BCUT2D eigenvalue weighted by atomic mass is 19.1. The number of nitrogens with zero attached hydrogens (tertiary/aromatic N) is 2. The van der Waals surface area contributed by atoms with E-state index >= 15 is 0 Å². The van der Waals surface area contributed by atoms with Gasteiger partial charge in [-0.1, -0.05) is 6.58 Å². The first kappa shape index (κ1) is 13.5. The molecule has 4 atom stereocenters. The summed E-state index contributed by atoms with van der Waals surface area (Å²) in [6.45, 7) is 9.35. The van der Waals surface area contributed by atoms with Gasteiger partial charge < -0.3 is 24.8 Å². The van der Waals surface area contributed by atoms with Gasteiger partial charge >= 0.3 is 0 Å². The van der Waals surface area contributed by atoms with Crippen LogP contribution in [-0.4, -0.2) is 41.1 Å². The van der Waals surface area contributed by atoms with E-state index in [1.807, 2.05) is 20.8 Å². The molecular formula is C13H18FN3O3. The highest BCUT2D eigenvalue weighted by Crippen LogP contribution is 2.41. The molecule has 110 valence electrons. The van der Waals surface area contributed by atoms with E-state index in [0.29, 0.717) is 5.82 Å². The van der Waals surface area contributed by atoms with E-state index in [4.69, 9.17) is 19.9 Å². The first-order valence-corrected chi connectivity index (χ1v) is 6.49. The van der Waals surface area contributed by atoms with Crippen molar-refractivity contribution in [2.45, 2.75) is 51.1 Å². The second-order valence-electron chi connectivity index (χ2n) is 5.59. The van der Waals surface area contributed by atoms with Crippen molar-refractivity contribution in [3.05, 3.63) is 24.4 Å². The van der Waals surface area contributed by atoms with Crippen LogP contribution < -0.4 is 5.73 Å². The molecule has 3 rings (SSSR count). The topological polar surface area (TPSA) is 69.3 Å². The third-order valence-corrected chi connectivity index (χ3v) is 3.58. The van der Waals surface area contributed by atoms with E-state index in [1.165, 1.54) is 11.1 Å². The van der Waals surface area contributed by atoms with Crippen molar-refractivity contribution in [3.8, 4) is 0 Å². The van der Waals surface area contributed by atoms with Gasteiger partial charge in [-0.2, -0.15) is 0 Å². The first-order chi connectivity index (χ1) is 9.28. The van der Waals surface area contributed by atoms with Crippen LogP contribution in [0.4, 0.5) is 4.39 Å². The molecule has 0 amide bonds. The van der Waals surface area contributed by atoms with E-state index < -0.39 is 17.8 Å². The molecule has 2 N–H and O–H groups in total. The van der Waals surface area contributed by atoms with Gasteiger partial charge in [-0.25, -0.2) is 9.38 Å². The monoisotopic (exact) mass is 283 g/mol. The zero-order valence-electron chi connectivity index (χ0n) is 11.7. The van der Waals surface area contributed by atoms with Gasteiger partial charge in [0, 0.05) is 6.20 Å². The highest BCUT2D eigenvalue weighted by Gasteiger charge is 2.55. The van der Waals surface area contributed by atoms with Gasteiger partial charge in [0.2, 0.25) is 0 Å². The summed E-state index contributed by atoms with van der Waals surface area (Å²) in [5, 5.41) is 0. The average molecular weight is 283 g/mol. The molecule has 2 saturated heterocycles. The SMILES string of the molecule is C=C1N=C(N)C(F)=CN1[C@@H]1OC(C)[C@H]2OC(C)(C)OC21.